The molecule has 0 unspecified atom stereocenters. The van der Waals surface area contributed by atoms with Gasteiger partial charge in [0.2, 0.25) is 0 Å². The van der Waals surface area contributed by atoms with Gasteiger partial charge in [0.15, 0.2) is 5.16 Å². The van der Waals surface area contributed by atoms with Gasteiger partial charge in [-0.25, -0.2) is 19.3 Å². The van der Waals surface area contributed by atoms with Gasteiger partial charge in [0.1, 0.15) is 22.5 Å². The first-order chi connectivity index (χ1) is 13.2. The van der Waals surface area contributed by atoms with E-state index in [-0.39, 0.29) is 17.2 Å². The fraction of sp³-hybridized carbons (Fsp3) is 0.235. The lowest BCUT2D eigenvalue weighted by atomic mass is 10.1. The molecule has 148 valence electrons. The van der Waals surface area contributed by atoms with Crippen LogP contribution in [0.25, 0.3) is 10.6 Å². The number of hydrogen-bond acceptors (Lipinski definition) is 7. The van der Waals surface area contributed by atoms with Crippen molar-refractivity contribution in [2.45, 2.75) is 30.4 Å². The summed E-state index contributed by atoms with van der Waals surface area (Å²) in [5.74, 6) is -0.0736. The number of hydrogen-bond donors (Lipinski definition) is 2. The standard InChI is InChI=1S/C17H15F4N5S2/c1-2-12-11(7-27-16-25-13(22)6-14(23)26-16)24-15(28-12)9-4-3-8(5-10(9)18)17(19,20)21/h3-6H,2,7H2,1H3,(H4,22,23,25,26). The smallest absolute Gasteiger partial charge is 0.383 e. The predicted molar refractivity (Wildman–Crippen MR) is 102 cm³/mol. The van der Waals surface area contributed by atoms with Crippen LogP contribution >= 0.6 is 23.1 Å². The molecule has 0 amide bonds. The van der Waals surface area contributed by atoms with Crippen molar-refractivity contribution in [3.8, 4) is 10.6 Å². The van der Waals surface area contributed by atoms with Gasteiger partial charge in [-0.05, 0) is 24.6 Å². The Morgan fingerprint density at radius 1 is 1.07 bits per heavy atom. The molecule has 3 rings (SSSR count). The highest BCUT2D eigenvalue weighted by molar-refractivity contribution is 7.98. The van der Waals surface area contributed by atoms with Crippen LogP contribution in [0.3, 0.4) is 0 Å². The predicted octanol–water partition coefficient (Wildman–Crippen LogP) is 4.78. The quantitative estimate of drug-likeness (QED) is 0.345. The molecule has 0 saturated heterocycles. The number of benzene rings is 1. The molecule has 0 atom stereocenters. The average Bonchev–Trinajstić information content (AvgIpc) is 3.01. The van der Waals surface area contributed by atoms with Gasteiger partial charge in [0, 0.05) is 22.3 Å². The summed E-state index contributed by atoms with van der Waals surface area (Å²) in [6.07, 6.45) is -3.95. The molecule has 5 nitrogen and oxygen atoms in total. The van der Waals surface area contributed by atoms with E-state index in [2.05, 4.69) is 15.0 Å². The number of halogens is 4. The van der Waals surface area contributed by atoms with E-state index in [1.54, 1.807) is 0 Å². The number of thioether (sulfide) groups is 1. The van der Waals surface area contributed by atoms with Gasteiger partial charge in [0.25, 0.3) is 0 Å². The second-order valence-corrected chi connectivity index (χ2v) is 7.75. The lowest BCUT2D eigenvalue weighted by molar-refractivity contribution is -0.137. The third-order valence-electron chi connectivity index (χ3n) is 3.71. The lowest BCUT2D eigenvalue weighted by Crippen LogP contribution is -2.05. The van der Waals surface area contributed by atoms with E-state index in [0.717, 1.165) is 17.0 Å². The van der Waals surface area contributed by atoms with Gasteiger partial charge in [0.05, 0.1) is 11.3 Å². The maximum Gasteiger partial charge on any atom is 0.416 e. The van der Waals surface area contributed by atoms with E-state index in [9.17, 15) is 17.6 Å². The topological polar surface area (TPSA) is 90.7 Å². The number of rotatable bonds is 5. The number of aromatic nitrogens is 3. The van der Waals surface area contributed by atoms with Crippen molar-refractivity contribution in [3.05, 3.63) is 46.2 Å². The molecule has 0 fully saturated rings. The van der Waals surface area contributed by atoms with Crippen molar-refractivity contribution in [2.24, 2.45) is 0 Å². The molecule has 11 heteroatoms. The fourth-order valence-electron chi connectivity index (χ4n) is 2.41. The van der Waals surface area contributed by atoms with E-state index in [1.165, 1.54) is 29.2 Å². The summed E-state index contributed by atoms with van der Waals surface area (Å²) in [6, 6.07) is 3.88. The summed E-state index contributed by atoms with van der Waals surface area (Å²) in [5, 5.41) is 0.710. The van der Waals surface area contributed by atoms with Gasteiger partial charge in [-0.2, -0.15) is 13.2 Å². The Kier molecular flexibility index (Phi) is 5.75. The Labute approximate surface area is 166 Å². The first kappa shape index (κ1) is 20.3. The molecular formula is C17H15F4N5S2. The Hall–Kier alpha value is -2.40. The normalized spacial score (nSPS) is 11.8. The molecule has 1 aromatic carbocycles. The van der Waals surface area contributed by atoms with E-state index >= 15 is 0 Å². The maximum absolute atomic E-state index is 14.3. The van der Waals surface area contributed by atoms with Crippen LogP contribution in [0, 0.1) is 5.82 Å². The number of nitrogens with two attached hydrogens (primary N) is 2. The Bertz CT molecular complexity index is 983. The fourth-order valence-corrected chi connectivity index (χ4v) is 4.39. The maximum atomic E-state index is 14.3. The van der Waals surface area contributed by atoms with E-state index in [0.29, 0.717) is 34.1 Å². The summed E-state index contributed by atoms with van der Waals surface area (Å²) in [7, 11) is 0. The summed E-state index contributed by atoms with van der Waals surface area (Å²) in [4.78, 5) is 13.5. The lowest BCUT2D eigenvalue weighted by Gasteiger charge is -2.07. The van der Waals surface area contributed by atoms with Gasteiger partial charge in [-0.15, -0.1) is 11.3 Å². The van der Waals surface area contributed by atoms with Crippen LogP contribution in [-0.4, -0.2) is 15.0 Å². The molecule has 0 aliphatic carbocycles. The molecule has 2 aromatic heterocycles. The monoisotopic (exact) mass is 429 g/mol. The zero-order valence-electron chi connectivity index (χ0n) is 14.5. The van der Waals surface area contributed by atoms with Gasteiger partial charge >= 0.3 is 6.18 Å². The summed E-state index contributed by atoms with van der Waals surface area (Å²) in [6.45, 7) is 1.92. The molecular weight excluding hydrogens is 414 g/mol. The molecule has 0 aliphatic rings. The summed E-state index contributed by atoms with van der Waals surface area (Å²) < 4.78 is 52.5. The van der Waals surface area contributed by atoms with Crippen LogP contribution in [0.1, 0.15) is 23.1 Å². The molecule has 28 heavy (non-hydrogen) atoms. The zero-order valence-corrected chi connectivity index (χ0v) is 16.2. The van der Waals surface area contributed by atoms with Crippen molar-refractivity contribution in [2.75, 3.05) is 11.5 Å². The summed E-state index contributed by atoms with van der Waals surface area (Å²) >= 11 is 2.52. The van der Waals surface area contributed by atoms with Crippen LogP contribution in [0.4, 0.5) is 29.2 Å². The average molecular weight is 429 g/mol. The highest BCUT2D eigenvalue weighted by Crippen LogP contribution is 2.36. The van der Waals surface area contributed by atoms with Crippen molar-refractivity contribution >= 4 is 34.7 Å². The highest BCUT2D eigenvalue weighted by atomic mass is 32.2. The van der Waals surface area contributed by atoms with Crippen LogP contribution in [-0.2, 0) is 18.3 Å². The van der Waals surface area contributed by atoms with Crippen LogP contribution in [0.2, 0.25) is 0 Å². The second kappa shape index (κ2) is 7.92. The van der Waals surface area contributed by atoms with Crippen LogP contribution < -0.4 is 11.5 Å². The first-order valence-electron chi connectivity index (χ1n) is 8.06. The number of nitrogens with zero attached hydrogens (tertiary/aromatic N) is 3. The van der Waals surface area contributed by atoms with E-state index in [4.69, 9.17) is 11.5 Å². The van der Waals surface area contributed by atoms with Crippen molar-refractivity contribution in [3.63, 3.8) is 0 Å². The first-order valence-corrected chi connectivity index (χ1v) is 9.86. The summed E-state index contributed by atoms with van der Waals surface area (Å²) in [5.41, 5.74) is 11.0. The van der Waals surface area contributed by atoms with E-state index < -0.39 is 17.6 Å². The Balaban J connectivity index is 1.86. The molecule has 0 saturated carbocycles. The molecule has 0 radical (unpaired) electrons. The van der Waals surface area contributed by atoms with Crippen molar-refractivity contribution in [1.82, 2.24) is 15.0 Å². The minimum absolute atomic E-state index is 0.0356. The second-order valence-electron chi connectivity index (χ2n) is 5.72. The molecule has 3 aromatic rings. The minimum Gasteiger partial charge on any atom is -0.383 e. The Morgan fingerprint density at radius 3 is 2.32 bits per heavy atom. The SMILES string of the molecule is CCc1sc(-c2ccc(C(F)(F)F)cc2F)nc1CSc1nc(N)cc(N)n1. The van der Waals surface area contributed by atoms with Gasteiger partial charge in [-0.3, -0.25) is 0 Å². The highest BCUT2D eigenvalue weighted by Gasteiger charge is 2.31. The van der Waals surface area contributed by atoms with Crippen molar-refractivity contribution < 1.29 is 17.6 Å². The minimum atomic E-state index is -4.60. The van der Waals surface area contributed by atoms with E-state index in [1.807, 2.05) is 6.92 Å². The van der Waals surface area contributed by atoms with Gasteiger partial charge < -0.3 is 11.5 Å². The van der Waals surface area contributed by atoms with Gasteiger partial charge in [-0.1, -0.05) is 18.7 Å². The zero-order chi connectivity index (χ0) is 20.5. The number of aryl methyl sites for hydroxylation is 1. The Morgan fingerprint density at radius 2 is 1.75 bits per heavy atom. The molecule has 0 aliphatic heterocycles. The largest absolute Gasteiger partial charge is 0.416 e. The molecule has 0 bridgehead atoms. The number of thiazole rings is 1. The number of alkyl halides is 3. The third kappa shape index (κ3) is 4.53. The van der Waals surface area contributed by atoms with Crippen molar-refractivity contribution in [1.29, 1.82) is 0 Å². The molecule has 4 N–H and O–H groups in total. The third-order valence-corrected chi connectivity index (χ3v) is 5.84. The van der Waals surface area contributed by atoms with Crippen LogP contribution in [0.15, 0.2) is 29.4 Å². The van der Waals surface area contributed by atoms with Crippen LogP contribution in [0.5, 0.6) is 0 Å². The molecule has 2 heterocycles. The number of nitrogen functional groups attached to an aromatic ring is 2. The molecule has 0 spiro atoms. The number of anilines is 2.